The average molecular weight is 247 g/mol. The molecule has 0 aromatic heterocycles. The molecule has 6 heteroatoms. The zero-order valence-corrected chi connectivity index (χ0v) is 9.17. The van der Waals surface area contributed by atoms with Gasteiger partial charge in [0.25, 0.3) is 0 Å². The first kappa shape index (κ1) is 12.0. The molecular weight excluding hydrogens is 235 g/mol. The molecule has 0 bridgehead atoms. The summed E-state index contributed by atoms with van der Waals surface area (Å²) in [6.45, 7) is 1.28. The third-order valence-corrected chi connectivity index (χ3v) is 2.53. The second kappa shape index (κ2) is 4.44. The maximum atomic E-state index is 12.7. The summed E-state index contributed by atoms with van der Waals surface area (Å²) in [5.74, 6) is -0.124. The van der Waals surface area contributed by atoms with Gasteiger partial charge in [-0.1, -0.05) is 6.07 Å². The minimum Gasteiger partial charge on any atom is -0.492 e. The number of benzene rings is 1. The molecule has 0 unspecified atom stereocenters. The van der Waals surface area contributed by atoms with Crippen LogP contribution in [0.2, 0.25) is 0 Å². The lowest BCUT2D eigenvalue weighted by atomic mass is 10.1. The summed E-state index contributed by atoms with van der Waals surface area (Å²) >= 11 is 0. The summed E-state index contributed by atoms with van der Waals surface area (Å²) in [6.07, 6.45) is -4.53. The van der Waals surface area contributed by atoms with Gasteiger partial charge < -0.3 is 14.8 Å². The number of alkyl halides is 3. The first-order chi connectivity index (χ1) is 8.02. The molecule has 1 aliphatic heterocycles. The Labute approximate surface area is 96.5 Å². The fourth-order valence-electron chi connectivity index (χ4n) is 1.57. The summed E-state index contributed by atoms with van der Waals surface area (Å²) in [4.78, 5) is 0. The highest BCUT2D eigenvalue weighted by atomic mass is 19.4. The molecule has 17 heavy (non-hydrogen) atoms. The molecule has 0 aliphatic carbocycles. The summed E-state index contributed by atoms with van der Waals surface area (Å²) in [6, 6.07) is 3.77. The number of para-hydroxylation sites is 1. The Kier molecular flexibility index (Phi) is 3.15. The largest absolute Gasteiger partial charge is 0.492 e. The third kappa shape index (κ3) is 2.46. The van der Waals surface area contributed by atoms with E-state index in [1.807, 2.05) is 0 Å². The fourth-order valence-corrected chi connectivity index (χ4v) is 1.57. The number of halogens is 3. The molecule has 0 radical (unpaired) electrons. The maximum Gasteiger partial charge on any atom is 0.420 e. The van der Waals surface area contributed by atoms with Crippen molar-refractivity contribution in [2.45, 2.75) is 12.3 Å². The molecule has 94 valence electrons. The Balaban J connectivity index is 2.31. The van der Waals surface area contributed by atoms with Gasteiger partial charge in [0.15, 0.2) is 11.5 Å². The van der Waals surface area contributed by atoms with Crippen LogP contribution in [0.25, 0.3) is 0 Å². The van der Waals surface area contributed by atoms with Crippen molar-refractivity contribution in [2.75, 3.05) is 20.2 Å². The van der Waals surface area contributed by atoms with Gasteiger partial charge in [-0.3, -0.25) is 0 Å². The molecule has 3 nitrogen and oxygen atoms in total. The number of rotatable bonds is 3. The van der Waals surface area contributed by atoms with Crippen molar-refractivity contribution < 1.29 is 22.6 Å². The topological polar surface area (TPSA) is 30.5 Å². The van der Waals surface area contributed by atoms with E-state index in [2.05, 4.69) is 5.32 Å². The van der Waals surface area contributed by atoms with E-state index in [-0.39, 0.29) is 17.6 Å². The Morgan fingerprint density at radius 2 is 2.00 bits per heavy atom. The summed E-state index contributed by atoms with van der Waals surface area (Å²) in [5.41, 5.74) is -0.815. The molecule has 1 heterocycles. The van der Waals surface area contributed by atoms with Crippen LogP contribution in [0.3, 0.4) is 0 Å². The van der Waals surface area contributed by atoms with Crippen LogP contribution < -0.4 is 14.8 Å². The number of methoxy groups -OCH3 is 1. The smallest absolute Gasteiger partial charge is 0.420 e. The van der Waals surface area contributed by atoms with Crippen molar-refractivity contribution in [2.24, 2.45) is 0 Å². The van der Waals surface area contributed by atoms with Gasteiger partial charge in [0, 0.05) is 13.1 Å². The van der Waals surface area contributed by atoms with E-state index < -0.39 is 11.7 Å². The summed E-state index contributed by atoms with van der Waals surface area (Å²) in [5, 5.41) is 2.98. The van der Waals surface area contributed by atoms with E-state index >= 15 is 0 Å². The van der Waals surface area contributed by atoms with Crippen molar-refractivity contribution in [3.05, 3.63) is 23.8 Å². The number of hydrogen-bond acceptors (Lipinski definition) is 3. The molecule has 1 N–H and O–H groups in total. The molecule has 1 aromatic carbocycles. The monoisotopic (exact) mass is 247 g/mol. The SMILES string of the molecule is COc1c(OC2CNC2)cccc1C(F)(F)F. The number of nitrogens with one attached hydrogen (secondary N) is 1. The Hall–Kier alpha value is -1.43. The lowest BCUT2D eigenvalue weighted by Gasteiger charge is -2.29. The highest BCUT2D eigenvalue weighted by Gasteiger charge is 2.36. The maximum absolute atomic E-state index is 12.7. The Morgan fingerprint density at radius 1 is 1.29 bits per heavy atom. The van der Waals surface area contributed by atoms with Crippen LogP contribution >= 0.6 is 0 Å². The first-order valence-corrected chi connectivity index (χ1v) is 5.14. The van der Waals surface area contributed by atoms with E-state index in [0.717, 1.165) is 6.07 Å². The van der Waals surface area contributed by atoms with Gasteiger partial charge in [-0.15, -0.1) is 0 Å². The van der Waals surface area contributed by atoms with Crippen LogP contribution in [-0.4, -0.2) is 26.3 Å². The van der Waals surface area contributed by atoms with Gasteiger partial charge >= 0.3 is 6.18 Å². The van der Waals surface area contributed by atoms with Crippen LogP contribution in [0.4, 0.5) is 13.2 Å². The van der Waals surface area contributed by atoms with E-state index in [4.69, 9.17) is 9.47 Å². The van der Waals surface area contributed by atoms with E-state index in [0.29, 0.717) is 13.1 Å². The van der Waals surface area contributed by atoms with E-state index in [1.54, 1.807) is 0 Å². The minimum absolute atomic E-state index is 0.0904. The second-order valence-electron chi connectivity index (χ2n) is 3.73. The van der Waals surface area contributed by atoms with Crippen LogP contribution in [0.15, 0.2) is 18.2 Å². The quantitative estimate of drug-likeness (QED) is 0.886. The molecule has 0 spiro atoms. The molecule has 1 aromatic rings. The van der Waals surface area contributed by atoms with Crippen molar-refractivity contribution in [1.82, 2.24) is 5.32 Å². The molecule has 0 saturated carbocycles. The molecule has 0 atom stereocenters. The number of hydrogen-bond donors (Lipinski definition) is 1. The van der Waals surface area contributed by atoms with Gasteiger partial charge in [0.2, 0.25) is 0 Å². The fraction of sp³-hybridized carbons (Fsp3) is 0.455. The number of ether oxygens (including phenoxy) is 2. The molecule has 1 fully saturated rings. The third-order valence-electron chi connectivity index (χ3n) is 2.53. The highest BCUT2D eigenvalue weighted by Crippen LogP contribution is 2.41. The van der Waals surface area contributed by atoms with Gasteiger partial charge in [-0.2, -0.15) is 13.2 Å². The Morgan fingerprint density at radius 3 is 2.47 bits per heavy atom. The summed E-state index contributed by atoms with van der Waals surface area (Å²) in [7, 11) is 1.20. The zero-order valence-electron chi connectivity index (χ0n) is 9.17. The normalized spacial score (nSPS) is 16.5. The van der Waals surface area contributed by atoms with E-state index in [9.17, 15) is 13.2 Å². The summed E-state index contributed by atoms with van der Waals surface area (Å²) < 4.78 is 48.3. The lowest BCUT2D eigenvalue weighted by Crippen LogP contribution is -2.50. The van der Waals surface area contributed by atoms with E-state index in [1.165, 1.54) is 19.2 Å². The van der Waals surface area contributed by atoms with Gasteiger partial charge in [0.1, 0.15) is 11.7 Å². The lowest BCUT2D eigenvalue weighted by molar-refractivity contribution is -0.139. The van der Waals surface area contributed by atoms with Crippen LogP contribution in [0.1, 0.15) is 5.56 Å². The van der Waals surface area contributed by atoms with Crippen LogP contribution in [0, 0.1) is 0 Å². The second-order valence-corrected chi connectivity index (χ2v) is 3.73. The molecule has 0 amide bonds. The van der Waals surface area contributed by atoms with Crippen molar-refractivity contribution in [3.63, 3.8) is 0 Å². The molecule has 2 rings (SSSR count). The highest BCUT2D eigenvalue weighted by molar-refractivity contribution is 5.48. The van der Waals surface area contributed by atoms with Crippen molar-refractivity contribution in [3.8, 4) is 11.5 Å². The van der Waals surface area contributed by atoms with Crippen LogP contribution in [-0.2, 0) is 6.18 Å². The first-order valence-electron chi connectivity index (χ1n) is 5.14. The minimum atomic E-state index is -4.44. The van der Waals surface area contributed by atoms with Crippen LogP contribution in [0.5, 0.6) is 11.5 Å². The average Bonchev–Trinajstić information content (AvgIpc) is 2.21. The van der Waals surface area contributed by atoms with Gasteiger partial charge in [-0.25, -0.2) is 0 Å². The van der Waals surface area contributed by atoms with Gasteiger partial charge in [0.05, 0.1) is 7.11 Å². The zero-order chi connectivity index (χ0) is 12.5. The predicted octanol–water partition coefficient (Wildman–Crippen LogP) is 2.06. The van der Waals surface area contributed by atoms with Crippen molar-refractivity contribution in [1.29, 1.82) is 0 Å². The standard InChI is InChI=1S/C11H12F3NO2/c1-16-10-8(11(12,13)14)3-2-4-9(10)17-7-5-15-6-7/h2-4,7,15H,5-6H2,1H3. The van der Waals surface area contributed by atoms with Crippen molar-refractivity contribution >= 4 is 0 Å². The molecule has 1 aliphatic rings. The predicted molar refractivity (Wildman–Crippen MR) is 55.3 cm³/mol. The Bertz CT molecular complexity index is 402. The molecule has 1 saturated heterocycles. The van der Waals surface area contributed by atoms with Gasteiger partial charge in [-0.05, 0) is 12.1 Å². The molecular formula is C11H12F3NO2.